The van der Waals surface area contributed by atoms with E-state index in [4.69, 9.17) is 0 Å². The fourth-order valence-electron chi connectivity index (χ4n) is 3.52. The van der Waals surface area contributed by atoms with E-state index < -0.39 is 10.2 Å². The molecule has 3 unspecified atom stereocenters. The van der Waals surface area contributed by atoms with Gasteiger partial charge in [0.05, 0.1) is 0 Å². The third-order valence-electron chi connectivity index (χ3n) is 4.86. The lowest BCUT2D eigenvalue weighted by Gasteiger charge is -2.41. The summed E-state index contributed by atoms with van der Waals surface area (Å²) in [5, 5.41) is 3.33. The molecule has 1 N–H and O–H groups in total. The molecule has 0 aliphatic carbocycles. The summed E-state index contributed by atoms with van der Waals surface area (Å²) in [6, 6.07) is 0.451. The average molecular weight is 303 g/mol. The minimum Gasteiger partial charge on any atom is -0.317 e. The normalized spacial score (nSPS) is 34.2. The Balaban J connectivity index is 2.06. The van der Waals surface area contributed by atoms with Crippen LogP contribution in [0, 0.1) is 11.8 Å². The van der Waals surface area contributed by atoms with Crippen LogP contribution in [0.3, 0.4) is 0 Å². The Kier molecular flexibility index (Phi) is 5.45. The highest BCUT2D eigenvalue weighted by molar-refractivity contribution is 7.86. The van der Waals surface area contributed by atoms with E-state index in [0.29, 0.717) is 44.1 Å². The van der Waals surface area contributed by atoms with E-state index >= 15 is 0 Å². The topological polar surface area (TPSA) is 52.7 Å². The molecule has 2 heterocycles. The lowest BCUT2D eigenvalue weighted by atomic mass is 9.91. The van der Waals surface area contributed by atoms with Gasteiger partial charge in [-0.2, -0.15) is 17.0 Å². The predicted octanol–water partition coefficient (Wildman–Crippen LogP) is 1.28. The summed E-state index contributed by atoms with van der Waals surface area (Å²) in [7, 11) is -1.28. The van der Waals surface area contributed by atoms with Crippen LogP contribution in [0.4, 0.5) is 0 Å². The van der Waals surface area contributed by atoms with E-state index in [0.717, 1.165) is 25.7 Å². The zero-order valence-corrected chi connectivity index (χ0v) is 13.8. The van der Waals surface area contributed by atoms with Crippen molar-refractivity contribution < 1.29 is 8.42 Å². The lowest BCUT2D eigenvalue weighted by Crippen LogP contribution is -2.54. The van der Waals surface area contributed by atoms with Crippen molar-refractivity contribution in [3.63, 3.8) is 0 Å². The molecule has 0 spiro atoms. The van der Waals surface area contributed by atoms with Crippen LogP contribution in [-0.4, -0.2) is 56.3 Å². The maximum atomic E-state index is 12.8. The summed E-state index contributed by atoms with van der Waals surface area (Å²) in [5.41, 5.74) is 0. The van der Waals surface area contributed by atoms with Crippen LogP contribution in [0.1, 0.15) is 39.5 Å². The van der Waals surface area contributed by atoms with Crippen molar-refractivity contribution in [3.05, 3.63) is 0 Å². The molecule has 6 heteroatoms. The molecular formula is C14H29N3O2S. The lowest BCUT2D eigenvalue weighted by molar-refractivity contribution is 0.189. The van der Waals surface area contributed by atoms with Gasteiger partial charge in [0.15, 0.2) is 0 Å². The number of rotatable bonds is 4. The number of hydrogen-bond donors (Lipinski definition) is 1. The van der Waals surface area contributed by atoms with Gasteiger partial charge in [-0.25, -0.2) is 0 Å². The standard InChI is InChI=1S/C14H29N3O2S/c1-4-13-11-17(9-7-14(13)15-3)20(18,19)16-8-5-6-12(2)10-16/h12-15H,4-11H2,1-3H3. The van der Waals surface area contributed by atoms with Crippen LogP contribution in [0.5, 0.6) is 0 Å². The Morgan fingerprint density at radius 1 is 1.15 bits per heavy atom. The van der Waals surface area contributed by atoms with Crippen LogP contribution in [0.15, 0.2) is 0 Å². The smallest absolute Gasteiger partial charge is 0.281 e. The molecule has 0 aromatic rings. The van der Waals surface area contributed by atoms with Crippen molar-refractivity contribution in [1.82, 2.24) is 13.9 Å². The second-order valence-electron chi connectivity index (χ2n) is 6.32. The highest BCUT2D eigenvalue weighted by Crippen LogP contribution is 2.26. The Labute approximate surface area is 123 Å². The van der Waals surface area contributed by atoms with Crippen molar-refractivity contribution >= 4 is 10.2 Å². The molecule has 20 heavy (non-hydrogen) atoms. The molecule has 0 aromatic carbocycles. The van der Waals surface area contributed by atoms with Crippen LogP contribution in [0.2, 0.25) is 0 Å². The monoisotopic (exact) mass is 303 g/mol. The summed E-state index contributed by atoms with van der Waals surface area (Å²) in [6.07, 6.45) is 4.07. The molecule has 2 aliphatic heterocycles. The van der Waals surface area contributed by atoms with Crippen molar-refractivity contribution in [2.45, 2.75) is 45.6 Å². The molecular weight excluding hydrogens is 274 g/mol. The molecule has 2 aliphatic rings. The number of piperidine rings is 2. The van der Waals surface area contributed by atoms with Crippen molar-refractivity contribution in [3.8, 4) is 0 Å². The molecule has 3 atom stereocenters. The van der Waals surface area contributed by atoms with Gasteiger partial charge >= 0.3 is 0 Å². The first-order valence-corrected chi connectivity index (χ1v) is 9.31. The molecule has 0 radical (unpaired) electrons. The first-order chi connectivity index (χ1) is 9.48. The predicted molar refractivity (Wildman–Crippen MR) is 81.7 cm³/mol. The second-order valence-corrected chi connectivity index (χ2v) is 8.25. The van der Waals surface area contributed by atoms with E-state index in [1.807, 2.05) is 7.05 Å². The zero-order chi connectivity index (χ0) is 14.8. The van der Waals surface area contributed by atoms with Crippen LogP contribution in [-0.2, 0) is 10.2 Å². The summed E-state index contributed by atoms with van der Waals surface area (Å²) in [5.74, 6) is 0.904. The van der Waals surface area contributed by atoms with E-state index in [1.165, 1.54) is 0 Å². The summed E-state index contributed by atoms with van der Waals surface area (Å²) >= 11 is 0. The van der Waals surface area contributed by atoms with Gasteiger partial charge in [-0.05, 0) is 38.1 Å². The van der Waals surface area contributed by atoms with Crippen molar-refractivity contribution in [1.29, 1.82) is 0 Å². The second kappa shape index (κ2) is 6.73. The average Bonchev–Trinajstić information content (AvgIpc) is 2.46. The molecule has 0 bridgehead atoms. The van der Waals surface area contributed by atoms with Gasteiger partial charge in [-0.1, -0.05) is 20.3 Å². The molecule has 5 nitrogen and oxygen atoms in total. The summed E-state index contributed by atoms with van der Waals surface area (Å²) < 4.78 is 29.0. The quantitative estimate of drug-likeness (QED) is 0.851. The fourth-order valence-corrected chi connectivity index (χ4v) is 5.37. The van der Waals surface area contributed by atoms with E-state index in [2.05, 4.69) is 19.2 Å². The molecule has 0 aromatic heterocycles. The summed E-state index contributed by atoms with van der Waals surface area (Å²) in [4.78, 5) is 0. The maximum Gasteiger partial charge on any atom is 0.281 e. The van der Waals surface area contributed by atoms with Gasteiger partial charge in [0.25, 0.3) is 10.2 Å². The van der Waals surface area contributed by atoms with Gasteiger partial charge in [0, 0.05) is 32.2 Å². The molecule has 2 fully saturated rings. The summed E-state index contributed by atoms with van der Waals surface area (Å²) in [6.45, 7) is 6.98. The SMILES string of the molecule is CCC1CN(S(=O)(=O)N2CCCC(C)C2)CCC1NC. The van der Waals surface area contributed by atoms with Crippen molar-refractivity contribution in [2.75, 3.05) is 33.2 Å². The molecule has 118 valence electrons. The molecule has 0 amide bonds. The Morgan fingerprint density at radius 3 is 2.45 bits per heavy atom. The van der Waals surface area contributed by atoms with Crippen LogP contribution < -0.4 is 5.32 Å². The first-order valence-electron chi connectivity index (χ1n) is 7.91. The van der Waals surface area contributed by atoms with Gasteiger partial charge in [0.2, 0.25) is 0 Å². The van der Waals surface area contributed by atoms with Crippen LogP contribution in [0.25, 0.3) is 0 Å². The van der Waals surface area contributed by atoms with Gasteiger partial charge in [-0.15, -0.1) is 0 Å². The largest absolute Gasteiger partial charge is 0.317 e. The Hall–Kier alpha value is -0.170. The molecule has 0 saturated carbocycles. The third kappa shape index (κ3) is 3.35. The van der Waals surface area contributed by atoms with Crippen LogP contribution >= 0.6 is 0 Å². The zero-order valence-electron chi connectivity index (χ0n) is 13.0. The highest BCUT2D eigenvalue weighted by atomic mass is 32.2. The van der Waals surface area contributed by atoms with Gasteiger partial charge < -0.3 is 5.32 Å². The van der Waals surface area contributed by atoms with Gasteiger partial charge in [0.1, 0.15) is 0 Å². The number of hydrogen-bond acceptors (Lipinski definition) is 3. The number of nitrogens with zero attached hydrogens (tertiary/aromatic N) is 2. The van der Waals surface area contributed by atoms with Gasteiger partial charge in [-0.3, -0.25) is 0 Å². The minimum absolute atomic E-state index is 0.422. The first kappa shape index (κ1) is 16.2. The number of nitrogens with one attached hydrogen (secondary N) is 1. The van der Waals surface area contributed by atoms with E-state index in [-0.39, 0.29) is 0 Å². The molecule has 2 rings (SSSR count). The minimum atomic E-state index is -3.25. The van der Waals surface area contributed by atoms with E-state index in [9.17, 15) is 8.42 Å². The molecule has 2 saturated heterocycles. The highest BCUT2D eigenvalue weighted by Gasteiger charge is 2.37. The third-order valence-corrected chi connectivity index (χ3v) is 6.83. The maximum absolute atomic E-state index is 12.8. The van der Waals surface area contributed by atoms with Crippen molar-refractivity contribution in [2.24, 2.45) is 11.8 Å². The Bertz CT molecular complexity index is 413. The van der Waals surface area contributed by atoms with E-state index in [1.54, 1.807) is 8.61 Å². The Morgan fingerprint density at radius 2 is 1.85 bits per heavy atom. The fraction of sp³-hybridized carbons (Fsp3) is 1.00.